The van der Waals surface area contributed by atoms with E-state index in [1.54, 1.807) is 10.2 Å². The average Bonchev–Trinajstić information content (AvgIpc) is 2.90. The minimum absolute atomic E-state index is 0.0414. The van der Waals surface area contributed by atoms with Crippen molar-refractivity contribution in [3.8, 4) is 0 Å². The Labute approximate surface area is 148 Å². The number of alkyl halides is 3. The second-order valence-corrected chi connectivity index (χ2v) is 7.09. The van der Waals surface area contributed by atoms with Gasteiger partial charge in [-0.05, 0) is 45.0 Å². The van der Waals surface area contributed by atoms with Crippen molar-refractivity contribution in [3.63, 3.8) is 0 Å². The molecule has 1 aliphatic rings. The van der Waals surface area contributed by atoms with Gasteiger partial charge in [-0.1, -0.05) is 0 Å². The summed E-state index contributed by atoms with van der Waals surface area (Å²) in [4.78, 5) is 36.9. The van der Waals surface area contributed by atoms with Crippen LogP contribution >= 0.6 is 0 Å². The van der Waals surface area contributed by atoms with E-state index in [4.69, 9.17) is 0 Å². The van der Waals surface area contributed by atoms with E-state index in [-0.39, 0.29) is 29.5 Å². The molecule has 3 amide bonds. The maximum Gasteiger partial charge on any atom is 0.471 e. The second kappa shape index (κ2) is 6.97. The minimum Gasteiger partial charge on any atom is -0.337 e. The lowest BCUT2D eigenvalue weighted by Crippen LogP contribution is -2.42. The van der Waals surface area contributed by atoms with Crippen LogP contribution in [0.2, 0.25) is 0 Å². The van der Waals surface area contributed by atoms with Gasteiger partial charge in [0, 0.05) is 29.9 Å². The first-order chi connectivity index (χ1) is 11.9. The molecule has 1 atom stereocenters. The third-order valence-corrected chi connectivity index (χ3v) is 3.97. The van der Waals surface area contributed by atoms with Crippen molar-refractivity contribution in [1.82, 2.24) is 4.90 Å². The Bertz CT molecular complexity index is 709. The van der Waals surface area contributed by atoms with Crippen LogP contribution in [0.5, 0.6) is 0 Å². The number of likely N-dealkylation sites (tertiary alicyclic amines) is 1. The summed E-state index contributed by atoms with van der Waals surface area (Å²) in [6.45, 7) is 5.98. The Morgan fingerprint density at radius 3 is 1.96 bits per heavy atom. The molecule has 1 heterocycles. The molecule has 1 aliphatic heterocycles. The molecule has 1 aromatic rings. The summed E-state index contributed by atoms with van der Waals surface area (Å²) in [7, 11) is 0. The van der Waals surface area contributed by atoms with Gasteiger partial charge < -0.3 is 15.5 Å². The van der Waals surface area contributed by atoms with E-state index >= 15 is 0 Å². The summed E-state index contributed by atoms with van der Waals surface area (Å²) in [5.74, 6) is -2.99. The smallest absolute Gasteiger partial charge is 0.337 e. The van der Waals surface area contributed by atoms with Gasteiger partial charge >= 0.3 is 12.1 Å². The third-order valence-electron chi connectivity index (χ3n) is 3.97. The van der Waals surface area contributed by atoms with E-state index in [1.807, 2.05) is 20.8 Å². The van der Waals surface area contributed by atoms with Crippen molar-refractivity contribution in [1.29, 1.82) is 0 Å². The highest BCUT2D eigenvalue weighted by atomic mass is 19.4. The number of nitrogens with one attached hydrogen (secondary N) is 2. The summed E-state index contributed by atoms with van der Waals surface area (Å²) < 4.78 is 36.6. The van der Waals surface area contributed by atoms with Crippen molar-refractivity contribution in [2.45, 2.75) is 38.9 Å². The maximum atomic E-state index is 12.3. The zero-order valence-electron chi connectivity index (χ0n) is 14.6. The van der Waals surface area contributed by atoms with Gasteiger partial charge in [0.15, 0.2) is 0 Å². The molecule has 2 N–H and O–H groups in total. The number of hydrogen-bond acceptors (Lipinski definition) is 3. The van der Waals surface area contributed by atoms with Crippen LogP contribution < -0.4 is 10.6 Å². The van der Waals surface area contributed by atoms with Crippen LogP contribution in [0.15, 0.2) is 24.3 Å². The summed E-state index contributed by atoms with van der Waals surface area (Å²) in [5, 5.41) is 4.35. The molecule has 6 nitrogen and oxygen atoms in total. The van der Waals surface area contributed by atoms with Crippen molar-refractivity contribution >= 4 is 29.1 Å². The zero-order chi connectivity index (χ0) is 19.7. The molecule has 2 rings (SSSR count). The molecule has 0 spiro atoms. The van der Waals surface area contributed by atoms with Crippen LogP contribution in [-0.4, -0.2) is 40.9 Å². The molecule has 1 aromatic carbocycles. The van der Waals surface area contributed by atoms with Crippen molar-refractivity contribution in [2.75, 3.05) is 17.2 Å². The number of carbonyl (C=O) groups excluding carboxylic acids is 3. The Morgan fingerprint density at radius 2 is 1.54 bits per heavy atom. The number of amides is 3. The molecule has 26 heavy (non-hydrogen) atoms. The predicted octanol–water partition coefficient (Wildman–Crippen LogP) is 2.77. The number of benzene rings is 1. The predicted molar refractivity (Wildman–Crippen MR) is 89.3 cm³/mol. The van der Waals surface area contributed by atoms with Crippen LogP contribution in [0.1, 0.15) is 27.2 Å². The van der Waals surface area contributed by atoms with Gasteiger partial charge in [-0.3, -0.25) is 14.4 Å². The number of hydrogen-bond donors (Lipinski definition) is 2. The van der Waals surface area contributed by atoms with Crippen LogP contribution in [0.3, 0.4) is 0 Å². The van der Waals surface area contributed by atoms with Gasteiger partial charge in [-0.2, -0.15) is 13.2 Å². The Kier molecular flexibility index (Phi) is 5.29. The lowest BCUT2D eigenvalue weighted by molar-refractivity contribution is -0.167. The SMILES string of the molecule is CC(C)(C)N1CC(C(=O)Nc2ccc(NC(=O)C(F)(F)F)cc2)CC1=O. The molecule has 1 unspecified atom stereocenters. The fraction of sp³-hybridized carbons (Fsp3) is 0.471. The molecule has 0 aliphatic carbocycles. The highest BCUT2D eigenvalue weighted by molar-refractivity contribution is 5.98. The molecule has 1 saturated heterocycles. The zero-order valence-corrected chi connectivity index (χ0v) is 14.6. The fourth-order valence-electron chi connectivity index (χ4n) is 2.61. The minimum atomic E-state index is -4.97. The first kappa shape index (κ1) is 19.7. The Balaban J connectivity index is 1.96. The lowest BCUT2D eigenvalue weighted by atomic mass is 10.1. The number of nitrogens with zero attached hydrogens (tertiary/aromatic N) is 1. The fourth-order valence-corrected chi connectivity index (χ4v) is 2.61. The van der Waals surface area contributed by atoms with Crippen LogP contribution in [0.25, 0.3) is 0 Å². The van der Waals surface area contributed by atoms with Crippen molar-refractivity contribution < 1.29 is 27.6 Å². The summed E-state index contributed by atoms with van der Waals surface area (Å²) in [5.41, 5.74) is -0.0493. The molecular weight excluding hydrogens is 351 g/mol. The van der Waals surface area contributed by atoms with Gasteiger partial charge in [-0.25, -0.2) is 0 Å². The summed E-state index contributed by atoms with van der Waals surface area (Å²) >= 11 is 0. The monoisotopic (exact) mass is 371 g/mol. The first-order valence-corrected chi connectivity index (χ1v) is 7.97. The largest absolute Gasteiger partial charge is 0.471 e. The number of rotatable bonds is 3. The average molecular weight is 371 g/mol. The molecule has 9 heteroatoms. The van der Waals surface area contributed by atoms with E-state index < -0.39 is 18.0 Å². The van der Waals surface area contributed by atoms with Crippen LogP contribution in [0, 0.1) is 5.92 Å². The maximum absolute atomic E-state index is 12.3. The molecule has 142 valence electrons. The van der Waals surface area contributed by atoms with Gasteiger partial charge in [0.2, 0.25) is 11.8 Å². The van der Waals surface area contributed by atoms with E-state index in [0.29, 0.717) is 12.2 Å². The van der Waals surface area contributed by atoms with Gasteiger partial charge in [-0.15, -0.1) is 0 Å². The van der Waals surface area contributed by atoms with Gasteiger partial charge in [0.1, 0.15) is 0 Å². The molecule has 0 bridgehead atoms. The number of halogens is 3. The highest BCUT2D eigenvalue weighted by Gasteiger charge is 2.40. The summed E-state index contributed by atoms with van der Waals surface area (Å²) in [6.07, 6.45) is -4.86. The molecule has 0 aromatic heterocycles. The molecule has 1 fully saturated rings. The van der Waals surface area contributed by atoms with E-state index in [1.165, 1.54) is 24.3 Å². The van der Waals surface area contributed by atoms with Crippen molar-refractivity contribution in [3.05, 3.63) is 24.3 Å². The van der Waals surface area contributed by atoms with Crippen molar-refractivity contribution in [2.24, 2.45) is 5.92 Å². The van der Waals surface area contributed by atoms with Gasteiger partial charge in [0.25, 0.3) is 0 Å². The van der Waals surface area contributed by atoms with Crippen LogP contribution in [-0.2, 0) is 14.4 Å². The first-order valence-electron chi connectivity index (χ1n) is 7.97. The van der Waals surface area contributed by atoms with E-state index in [2.05, 4.69) is 5.32 Å². The molecular formula is C17H20F3N3O3. The highest BCUT2D eigenvalue weighted by Crippen LogP contribution is 2.27. The molecule has 0 saturated carbocycles. The Morgan fingerprint density at radius 1 is 1.04 bits per heavy atom. The standard InChI is InChI=1S/C17H20F3N3O3/c1-16(2,3)23-9-10(8-13(23)24)14(25)21-11-4-6-12(7-5-11)22-15(26)17(18,19)20/h4-7,10H,8-9H2,1-3H3,(H,21,25)(H,22,26). The van der Waals surface area contributed by atoms with E-state index in [9.17, 15) is 27.6 Å². The third kappa shape index (κ3) is 4.74. The second-order valence-electron chi connectivity index (χ2n) is 7.09. The van der Waals surface area contributed by atoms with Crippen LogP contribution in [0.4, 0.5) is 24.5 Å². The topological polar surface area (TPSA) is 78.5 Å². The lowest BCUT2D eigenvalue weighted by Gasteiger charge is -2.31. The number of anilines is 2. The molecule has 0 radical (unpaired) electrons. The quantitative estimate of drug-likeness (QED) is 0.858. The normalized spacial score (nSPS) is 18.0. The number of carbonyl (C=O) groups is 3. The van der Waals surface area contributed by atoms with E-state index in [0.717, 1.165) is 0 Å². The Hall–Kier alpha value is -2.58. The van der Waals surface area contributed by atoms with Gasteiger partial charge in [0.05, 0.1) is 5.92 Å². The summed E-state index contributed by atoms with van der Waals surface area (Å²) in [6, 6.07) is 5.26.